The lowest BCUT2D eigenvalue weighted by Crippen LogP contribution is -2.57. The molecule has 2 rings (SSSR count). The minimum Gasteiger partial charge on any atom is -0.481 e. The maximum atomic E-state index is 12.2. The summed E-state index contributed by atoms with van der Waals surface area (Å²) in [5, 5.41) is 11.0. The normalized spacial score (nSPS) is 34.7. The third-order valence-corrected chi connectivity index (χ3v) is 3.76. The topological polar surface area (TPSA) is 75.6 Å². The molecule has 5 nitrogen and oxygen atoms in total. The van der Waals surface area contributed by atoms with Gasteiger partial charge in [-0.2, -0.15) is 13.2 Å². The number of rotatable bonds is 2. The van der Waals surface area contributed by atoms with Crippen LogP contribution in [0.1, 0.15) is 12.8 Å². The average molecular weight is 281 g/mol. The van der Waals surface area contributed by atoms with E-state index in [0.717, 1.165) is 0 Å². The van der Waals surface area contributed by atoms with Crippen molar-refractivity contribution in [3.8, 4) is 0 Å². The number of carbonyl (C=O) groups is 2. The highest BCUT2D eigenvalue weighted by Crippen LogP contribution is 2.37. The Balaban J connectivity index is 2.06. The number of carboxylic acid groups (broad SMARTS) is 1. The minimum atomic E-state index is -4.92. The Kier molecular flexibility index (Phi) is 3.71. The van der Waals surface area contributed by atoms with E-state index in [1.165, 1.54) is 0 Å². The highest BCUT2D eigenvalue weighted by Gasteiger charge is 2.47. The minimum absolute atomic E-state index is 0.184. The fourth-order valence-electron chi connectivity index (χ4n) is 2.89. The van der Waals surface area contributed by atoms with Crippen molar-refractivity contribution in [1.29, 1.82) is 0 Å². The van der Waals surface area contributed by atoms with Crippen LogP contribution in [0.5, 0.6) is 0 Å². The molecule has 8 heteroatoms. The first kappa shape index (κ1) is 14.1. The molecule has 1 saturated carbocycles. The van der Waals surface area contributed by atoms with Crippen LogP contribution in [0.3, 0.4) is 0 Å². The van der Waals surface area contributed by atoms with Gasteiger partial charge in [0.1, 0.15) is 0 Å². The van der Waals surface area contributed by atoms with E-state index in [0.29, 0.717) is 0 Å². The summed E-state index contributed by atoms with van der Waals surface area (Å²) in [6.07, 6.45) is -4.46. The second kappa shape index (κ2) is 4.99. The molecule has 1 amide bonds. The number of aliphatic carboxylic acids is 1. The van der Waals surface area contributed by atoms with Gasteiger partial charge >= 0.3 is 18.1 Å². The van der Waals surface area contributed by atoms with Gasteiger partial charge in [-0.15, -0.1) is 0 Å². The van der Waals surface area contributed by atoms with Crippen LogP contribution in [0.2, 0.25) is 0 Å². The first-order chi connectivity index (χ1) is 8.79. The molecule has 0 spiro atoms. The lowest BCUT2D eigenvalue weighted by atomic mass is 9.70. The van der Waals surface area contributed by atoms with Crippen LogP contribution >= 0.6 is 0 Å². The average Bonchev–Trinajstić information content (AvgIpc) is 2.26. The zero-order valence-corrected chi connectivity index (χ0v) is 9.94. The van der Waals surface area contributed by atoms with Crippen LogP contribution in [0.4, 0.5) is 13.2 Å². The number of halogens is 3. The second-order valence-electron chi connectivity index (χ2n) is 5.06. The highest BCUT2D eigenvalue weighted by molar-refractivity contribution is 5.82. The maximum Gasteiger partial charge on any atom is 0.471 e. The number of hydrogen-bond acceptors (Lipinski definition) is 3. The first-order valence-electron chi connectivity index (χ1n) is 5.97. The summed E-state index contributed by atoms with van der Waals surface area (Å²) in [5.41, 5.74) is 0. The van der Waals surface area contributed by atoms with Gasteiger partial charge in [0.2, 0.25) is 0 Å². The molecule has 2 atom stereocenters. The molecular formula is C11H14F3NO4. The van der Waals surface area contributed by atoms with Gasteiger partial charge < -0.3 is 15.2 Å². The third kappa shape index (κ3) is 2.99. The Bertz CT molecular complexity index is 371. The van der Waals surface area contributed by atoms with Crippen molar-refractivity contribution in [2.45, 2.75) is 25.1 Å². The van der Waals surface area contributed by atoms with E-state index in [9.17, 15) is 22.8 Å². The zero-order valence-electron chi connectivity index (χ0n) is 9.94. The van der Waals surface area contributed by atoms with Gasteiger partial charge in [0, 0.05) is 17.9 Å². The molecular weight excluding hydrogens is 267 g/mol. The molecule has 2 unspecified atom stereocenters. The van der Waals surface area contributed by atoms with Crippen molar-refractivity contribution < 1.29 is 32.6 Å². The molecule has 0 aromatic heterocycles. The second-order valence-corrected chi connectivity index (χ2v) is 5.06. The molecule has 0 aromatic rings. The van der Waals surface area contributed by atoms with Crippen molar-refractivity contribution >= 4 is 11.9 Å². The standard InChI is InChI=1S/C11H14F3NO4/c12-11(13,14)10(18)15-8-6-1-5(9(16)17)2-7(8)4-19-3-6/h5-8H,1-4H2,(H,15,18)(H,16,17). The van der Waals surface area contributed by atoms with Crippen LogP contribution in [0, 0.1) is 17.8 Å². The molecule has 1 heterocycles. The number of carboxylic acids is 1. The van der Waals surface area contributed by atoms with Gasteiger partial charge in [0.25, 0.3) is 0 Å². The van der Waals surface area contributed by atoms with E-state index >= 15 is 0 Å². The summed E-state index contributed by atoms with van der Waals surface area (Å²) in [7, 11) is 0. The van der Waals surface area contributed by atoms with Crippen molar-refractivity contribution in [3.05, 3.63) is 0 Å². The van der Waals surface area contributed by atoms with Gasteiger partial charge in [0.15, 0.2) is 0 Å². The molecule has 0 radical (unpaired) electrons. The molecule has 1 saturated heterocycles. The number of amides is 1. The van der Waals surface area contributed by atoms with Crippen LogP contribution in [-0.2, 0) is 14.3 Å². The Hall–Kier alpha value is -1.31. The van der Waals surface area contributed by atoms with Crippen LogP contribution in [0.15, 0.2) is 0 Å². The van der Waals surface area contributed by atoms with Gasteiger partial charge in [-0.25, -0.2) is 0 Å². The van der Waals surface area contributed by atoms with Crippen molar-refractivity contribution in [1.82, 2.24) is 5.32 Å². The Labute approximate surface area is 107 Å². The van der Waals surface area contributed by atoms with Gasteiger partial charge in [-0.3, -0.25) is 9.59 Å². The largest absolute Gasteiger partial charge is 0.481 e. The Morgan fingerprint density at radius 2 is 1.68 bits per heavy atom. The van der Waals surface area contributed by atoms with E-state index in [1.54, 1.807) is 0 Å². The summed E-state index contributed by atoms with van der Waals surface area (Å²) < 4.78 is 42.0. The molecule has 19 heavy (non-hydrogen) atoms. The summed E-state index contributed by atoms with van der Waals surface area (Å²) >= 11 is 0. The first-order valence-corrected chi connectivity index (χ1v) is 5.97. The number of hydrogen-bond donors (Lipinski definition) is 2. The summed E-state index contributed by atoms with van der Waals surface area (Å²) in [4.78, 5) is 22.0. The molecule has 1 aliphatic carbocycles. The third-order valence-electron chi connectivity index (χ3n) is 3.76. The van der Waals surface area contributed by atoms with E-state index in [2.05, 4.69) is 0 Å². The van der Waals surface area contributed by atoms with Crippen LogP contribution in [0.25, 0.3) is 0 Å². The molecule has 2 bridgehead atoms. The fraction of sp³-hybridized carbons (Fsp3) is 0.818. The fourth-order valence-corrected chi connectivity index (χ4v) is 2.89. The quantitative estimate of drug-likeness (QED) is 0.784. The number of alkyl halides is 3. The lowest BCUT2D eigenvalue weighted by Gasteiger charge is -2.44. The van der Waals surface area contributed by atoms with Crippen LogP contribution in [-0.4, -0.2) is 42.4 Å². The maximum absolute atomic E-state index is 12.2. The van der Waals surface area contributed by atoms with E-state index in [-0.39, 0.29) is 37.9 Å². The molecule has 2 aliphatic rings. The number of ether oxygens (including phenoxy) is 1. The van der Waals surface area contributed by atoms with Crippen molar-refractivity contribution in [2.75, 3.05) is 13.2 Å². The van der Waals surface area contributed by atoms with Gasteiger partial charge in [-0.1, -0.05) is 0 Å². The number of fused-ring (bicyclic) bond motifs is 2. The van der Waals surface area contributed by atoms with E-state index in [1.807, 2.05) is 5.32 Å². The smallest absolute Gasteiger partial charge is 0.471 e. The van der Waals surface area contributed by atoms with Crippen molar-refractivity contribution in [2.24, 2.45) is 17.8 Å². The number of nitrogens with one attached hydrogen (secondary N) is 1. The van der Waals surface area contributed by atoms with Crippen molar-refractivity contribution in [3.63, 3.8) is 0 Å². The molecule has 1 aliphatic heterocycles. The van der Waals surface area contributed by atoms with Gasteiger partial charge in [0.05, 0.1) is 19.1 Å². The SMILES string of the molecule is O=C(O)C1CC2COCC(C1)C2NC(=O)C(F)(F)F. The van der Waals surface area contributed by atoms with Gasteiger partial charge in [-0.05, 0) is 12.8 Å². The predicted octanol–water partition coefficient (Wildman–Crippen LogP) is 0.791. The predicted molar refractivity (Wildman–Crippen MR) is 56.1 cm³/mol. The summed E-state index contributed by atoms with van der Waals surface area (Å²) in [5.74, 6) is -4.24. The molecule has 2 N–H and O–H groups in total. The van der Waals surface area contributed by atoms with E-state index < -0.39 is 30.0 Å². The molecule has 0 aromatic carbocycles. The Morgan fingerprint density at radius 3 is 2.11 bits per heavy atom. The van der Waals surface area contributed by atoms with Crippen LogP contribution < -0.4 is 5.32 Å². The highest BCUT2D eigenvalue weighted by atomic mass is 19.4. The monoisotopic (exact) mass is 281 g/mol. The van der Waals surface area contributed by atoms with E-state index in [4.69, 9.17) is 9.84 Å². The molecule has 108 valence electrons. The zero-order chi connectivity index (χ0) is 14.2. The number of carbonyl (C=O) groups excluding carboxylic acids is 1. The summed E-state index contributed by atoms with van der Waals surface area (Å²) in [6, 6.07) is -0.654. The Morgan fingerprint density at radius 1 is 1.16 bits per heavy atom. The summed E-state index contributed by atoms with van der Waals surface area (Å²) in [6.45, 7) is 0.367. The lowest BCUT2D eigenvalue weighted by molar-refractivity contribution is -0.177. The molecule has 2 fully saturated rings.